The van der Waals surface area contributed by atoms with E-state index in [0.29, 0.717) is 12.2 Å². The number of carbonyl (C=O) groups is 2. The molecule has 1 heterocycles. The molecule has 12 heteroatoms. The van der Waals surface area contributed by atoms with Gasteiger partial charge < -0.3 is 20.9 Å². The van der Waals surface area contributed by atoms with Gasteiger partial charge in [-0.25, -0.2) is 4.79 Å². The molecule has 1 aromatic heterocycles. The lowest BCUT2D eigenvalue weighted by atomic mass is 9.69. The van der Waals surface area contributed by atoms with Gasteiger partial charge in [0.05, 0.1) is 9.85 Å². The molecule has 1 fully saturated rings. The number of urea groups is 1. The lowest BCUT2D eigenvalue weighted by molar-refractivity contribution is -0.385. The van der Waals surface area contributed by atoms with Crippen molar-refractivity contribution in [2.24, 2.45) is 0 Å². The number of carbonyl (C=O) groups excluding carboxylic acids is 2. The van der Waals surface area contributed by atoms with Crippen molar-refractivity contribution in [3.05, 3.63) is 110 Å². The topological polar surface area (TPSA) is 172 Å². The van der Waals surface area contributed by atoms with Crippen molar-refractivity contribution in [2.45, 2.75) is 56.4 Å². The van der Waals surface area contributed by atoms with Crippen LogP contribution in [0.1, 0.15) is 50.2 Å². The number of anilines is 1. The zero-order valence-corrected chi connectivity index (χ0v) is 24.3. The van der Waals surface area contributed by atoms with E-state index in [1.165, 1.54) is 36.4 Å². The van der Waals surface area contributed by atoms with E-state index in [1.807, 2.05) is 30.5 Å². The van der Waals surface area contributed by atoms with Gasteiger partial charge in [-0.2, -0.15) is 0 Å². The van der Waals surface area contributed by atoms with E-state index in [1.54, 1.807) is 19.1 Å². The summed E-state index contributed by atoms with van der Waals surface area (Å²) in [7, 11) is 0. The summed E-state index contributed by atoms with van der Waals surface area (Å²) in [6.07, 6.45) is 6.65. The molecule has 1 aliphatic carbocycles. The van der Waals surface area contributed by atoms with Crippen molar-refractivity contribution in [3.8, 4) is 0 Å². The zero-order chi connectivity index (χ0) is 31.3. The molecule has 0 unspecified atom stereocenters. The van der Waals surface area contributed by atoms with E-state index < -0.39 is 26.8 Å². The van der Waals surface area contributed by atoms with Gasteiger partial charge in [0.15, 0.2) is 0 Å². The molecule has 4 N–H and O–H groups in total. The number of rotatable bonds is 10. The van der Waals surface area contributed by atoms with Crippen LogP contribution in [0.15, 0.2) is 79.0 Å². The van der Waals surface area contributed by atoms with Crippen LogP contribution in [-0.2, 0) is 16.6 Å². The SMILES string of the molecule is C[C@@](Cc1c[nH]c2ccccc12)(NC(=O)Nc1ccc([N+](=O)[O-])cc1)C(=O)NCC1(c2ccc([N+](=O)[O-])cc2)CCCCC1. The Morgan fingerprint density at radius 2 is 1.50 bits per heavy atom. The fraction of sp³-hybridized carbons (Fsp3) is 0.312. The van der Waals surface area contributed by atoms with E-state index in [2.05, 4.69) is 20.9 Å². The number of nitro benzene ring substituents is 2. The minimum absolute atomic E-state index is 0.0123. The van der Waals surface area contributed by atoms with Crippen molar-refractivity contribution in [3.63, 3.8) is 0 Å². The van der Waals surface area contributed by atoms with Gasteiger partial charge in [-0.3, -0.25) is 25.0 Å². The lowest BCUT2D eigenvalue weighted by Gasteiger charge is -2.39. The molecule has 4 aromatic rings. The van der Waals surface area contributed by atoms with Crippen LogP contribution >= 0.6 is 0 Å². The van der Waals surface area contributed by atoms with Gasteiger partial charge in [0.2, 0.25) is 5.91 Å². The predicted molar refractivity (Wildman–Crippen MR) is 167 cm³/mol. The van der Waals surface area contributed by atoms with E-state index >= 15 is 0 Å². The van der Waals surface area contributed by atoms with Gasteiger partial charge in [-0.15, -0.1) is 0 Å². The second kappa shape index (κ2) is 12.5. The first-order chi connectivity index (χ1) is 21.1. The Morgan fingerprint density at radius 3 is 2.14 bits per heavy atom. The van der Waals surface area contributed by atoms with Gasteiger partial charge in [0, 0.05) is 65.4 Å². The molecule has 0 saturated heterocycles. The van der Waals surface area contributed by atoms with Crippen LogP contribution in [0.4, 0.5) is 21.9 Å². The first kappa shape index (κ1) is 30.2. The quantitative estimate of drug-likeness (QED) is 0.126. The van der Waals surface area contributed by atoms with Gasteiger partial charge in [0.1, 0.15) is 5.54 Å². The normalized spacial score (nSPS) is 15.6. The molecule has 0 bridgehead atoms. The molecule has 12 nitrogen and oxygen atoms in total. The van der Waals surface area contributed by atoms with Crippen LogP contribution < -0.4 is 16.0 Å². The maximum atomic E-state index is 14.1. The van der Waals surface area contributed by atoms with Gasteiger partial charge in [-0.05, 0) is 49.1 Å². The van der Waals surface area contributed by atoms with Gasteiger partial charge in [-0.1, -0.05) is 49.6 Å². The number of aromatic nitrogens is 1. The third-order valence-corrected chi connectivity index (χ3v) is 8.53. The number of para-hydroxylation sites is 1. The Morgan fingerprint density at radius 1 is 0.886 bits per heavy atom. The summed E-state index contributed by atoms with van der Waals surface area (Å²) in [6.45, 7) is 1.97. The Balaban J connectivity index is 1.39. The molecule has 3 amide bonds. The minimum Gasteiger partial charge on any atom is -0.361 e. The number of benzene rings is 3. The molecule has 0 spiro atoms. The van der Waals surface area contributed by atoms with Crippen molar-refractivity contribution < 1.29 is 19.4 Å². The average molecular weight is 599 g/mol. The number of hydrogen-bond acceptors (Lipinski definition) is 6. The number of hydrogen-bond donors (Lipinski definition) is 4. The third kappa shape index (κ3) is 6.54. The highest BCUT2D eigenvalue weighted by Crippen LogP contribution is 2.39. The van der Waals surface area contributed by atoms with Crippen molar-refractivity contribution >= 4 is 39.9 Å². The number of amides is 3. The van der Waals surface area contributed by atoms with E-state index in [9.17, 15) is 29.8 Å². The number of nitro groups is 2. The van der Waals surface area contributed by atoms with E-state index in [0.717, 1.165) is 54.1 Å². The smallest absolute Gasteiger partial charge is 0.320 e. The van der Waals surface area contributed by atoms with Crippen molar-refractivity contribution in [1.29, 1.82) is 0 Å². The summed E-state index contributed by atoms with van der Waals surface area (Å²) >= 11 is 0. The second-order valence-electron chi connectivity index (χ2n) is 11.6. The third-order valence-electron chi connectivity index (χ3n) is 8.53. The number of aromatic amines is 1. The molecular formula is C32H34N6O6. The summed E-state index contributed by atoms with van der Waals surface area (Å²) < 4.78 is 0. The van der Waals surface area contributed by atoms with Crippen molar-refractivity contribution in [1.82, 2.24) is 15.6 Å². The Hall–Kier alpha value is -5.26. The highest BCUT2D eigenvalue weighted by Gasteiger charge is 2.40. The summed E-state index contributed by atoms with van der Waals surface area (Å²) in [5, 5.41) is 31.8. The highest BCUT2D eigenvalue weighted by molar-refractivity contribution is 5.96. The molecule has 0 aliphatic heterocycles. The summed E-state index contributed by atoms with van der Waals surface area (Å²) in [5.74, 6) is -0.381. The van der Waals surface area contributed by atoms with Crippen LogP contribution in [0.2, 0.25) is 0 Å². The molecule has 1 atom stereocenters. The van der Waals surface area contributed by atoms with Crippen LogP contribution in [0, 0.1) is 20.2 Å². The summed E-state index contributed by atoms with van der Waals surface area (Å²) in [5.41, 5.74) is 1.14. The van der Waals surface area contributed by atoms with Crippen molar-refractivity contribution in [2.75, 3.05) is 11.9 Å². The van der Waals surface area contributed by atoms with E-state index in [-0.39, 0.29) is 23.7 Å². The standard InChI is InChI=1S/C32H34N6O6/c1-31(19-22-20-33-28-8-4-3-7-27(22)28,36-30(40)35-24-11-15-26(16-12-24)38(43)44)29(39)34-21-32(17-5-2-6-18-32)23-9-13-25(14-10-23)37(41)42/h3-4,7-16,20,33H,2,5-6,17-19,21H2,1H3,(H,34,39)(H2,35,36,40)/t31-/m0/s1. The number of H-pyrrole nitrogens is 1. The maximum absolute atomic E-state index is 14.1. The molecule has 5 rings (SSSR count). The summed E-state index contributed by atoms with van der Waals surface area (Å²) in [6, 6.07) is 19.0. The largest absolute Gasteiger partial charge is 0.361 e. The molecule has 1 saturated carbocycles. The van der Waals surface area contributed by atoms with Crippen LogP contribution in [0.5, 0.6) is 0 Å². The number of non-ortho nitro benzene ring substituents is 2. The molecule has 228 valence electrons. The first-order valence-electron chi connectivity index (χ1n) is 14.5. The van der Waals surface area contributed by atoms with Crippen LogP contribution in [0.3, 0.4) is 0 Å². The predicted octanol–water partition coefficient (Wildman–Crippen LogP) is 6.13. The lowest BCUT2D eigenvalue weighted by Crippen LogP contribution is -2.60. The Labute approximate surface area is 253 Å². The molecule has 0 radical (unpaired) electrons. The monoisotopic (exact) mass is 598 g/mol. The first-order valence-corrected chi connectivity index (χ1v) is 14.5. The number of nitrogens with one attached hydrogen (secondary N) is 4. The zero-order valence-electron chi connectivity index (χ0n) is 24.3. The molecule has 3 aromatic carbocycles. The second-order valence-corrected chi connectivity index (χ2v) is 11.6. The molecular weight excluding hydrogens is 564 g/mol. The average Bonchev–Trinajstić information content (AvgIpc) is 3.42. The Bertz CT molecular complexity index is 1680. The number of nitrogens with zero attached hydrogens (tertiary/aromatic N) is 2. The highest BCUT2D eigenvalue weighted by atomic mass is 16.6. The molecule has 44 heavy (non-hydrogen) atoms. The maximum Gasteiger partial charge on any atom is 0.320 e. The van der Waals surface area contributed by atoms with Crippen LogP contribution in [0.25, 0.3) is 10.9 Å². The van der Waals surface area contributed by atoms with Gasteiger partial charge in [0.25, 0.3) is 11.4 Å². The van der Waals surface area contributed by atoms with Gasteiger partial charge >= 0.3 is 6.03 Å². The fourth-order valence-corrected chi connectivity index (χ4v) is 6.10. The van der Waals surface area contributed by atoms with Crippen LogP contribution in [-0.4, -0.2) is 38.9 Å². The number of fused-ring (bicyclic) bond motifs is 1. The minimum atomic E-state index is -1.39. The summed E-state index contributed by atoms with van der Waals surface area (Å²) in [4.78, 5) is 51.8. The fourth-order valence-electron chi connectivity index (χ4n) is 6.10. The molecule has 1 aliphatic rings. The Kier molecular flexibility index (Phi) is 8.61. The van der Waals surface area contributed by atoms with E-state index in [4.69, 9.17) is 0 Å².